The summed E-state index contributed by atoms with van der Waals surface area (Å²) in [5, 5.41) is 10.0. The number of thiophene rings is 1. The van der Waals surface area contributed by atoms with E-state index in [1.54, 1.807) is 0 Å². The molecule has 1 aromatic carbocycles. The third kappa shape index (κ3) is 1.69. The molecule has 0 bridgehead atoms. The third-order valence-electron chi connectivity index (χ3n) is 2.70. The van der Waals surface area contributed by atoms with Crippen molar-refractivity contribution >= 4 is 39.7 Å². The lowest BCUT2D eigenvalue weighted by Crippen LogP contribution is -2.13. The summed E-state index contributed by atoms with van der Waals surface area (Å²) in [6.07, 6.45) is 0. The highest BCUT2D eigenvalue weighted by Crippen LogP contribution is 2.38. The van der Waals surface area contributed by atoms with Gasteiger partial charge >= 0.3 is 0 Å². The van der Waals surface area contributed by atoms with Gasteiger partial charge in [0.1, 0.15) is 24.7 Å². The van der Waals surface area contributed by atoms with Crippen LogP contribution in [0.25, 0.3) is 10.1 Å². The summed E-state index contributed by atoms with van der Waals surface area (Å²) in [7, 11) is 5.84. The number of rotatable bonds is 1. The SMILES string of the molecule is [B]c1cc(F)c2sc(N)c(C#N)c2c1C(C)C. The molecule has 0 saturated carbocycles. The van der Waals surface area contributed by atoms with Crippen LogP contribution in [0.2, 0.25) is 0 Å². The lowest BCUT2D eigenvalue weighted by atomic mass is 9.82. The van der Waals surface area contributed by atoms with E-state index in [4.69, 9.17) is 18.8 Å². The Hall–Kier alpha value is -1.54. The molecule has 2 radical (unpaired) electrons. The quantitative estimate of drug-likeness (QED) is 0.783. The van der Waals surface area contributed by atoms with Gasteiger partial charge < -0.3 is 5.73 Å². The van der Waals surface area contributed by atoms with E-state index in [1.165, 1.54) is 6.07 Å². The van der Waals surface area contributed by atoms with Crippen LogP contribution in [0.4, 0.5) is 9.39 Å². The van der Waals surface area contributed by atoms with Crippen LogP contribution in [0.5, 0.6) is 0 Å². The second-order valence-corrected chi connectivity index (χ2v) is 5.23. The zero-order valence-corrected chi connectivity index (χ0v) is 10.4. The number of nitrogen functional groups attached to an aromatic ring is 1. The van der Waals surface area contributed by atoms with Crippen LogP contribution >= 0.6 is 11.3 Å². The molecule has 0 aliphatic heterocycles. The number of anilines is 1. The molecule has 0 aliphatic rings. The van der Waals surface area contributed by atoms with Crippen LogP contribution in [0.15, 0.2) is 6.07 Å². The van der Waals surface area contributed by atoms with Crippen LogP contribution in [-0.4, -0.2) is 7.85 Å². The fourth-order valence-corrected chi connectivity index (χ4v) is 2.97. The molecule has 2 nitrogen and oxygen atoms in total. The highest BCUT2D eigenvalue weighted by atomic mass is 32.1. The number of nitrogens with two attached hydrogens (primary N) is 1. The summed E-state index contributed by atoms with van der Waals surface area (Å²) in [4.78, 5) is 0. The Morgan fingerprint density at radius 1 is 1.53 bits per heavy atom. The van der Waals surface area contributed by atoms with Gasteiger partial charge in [-0.3, -0.25) is 0 Å². The summed E-state index contributed by atoms with van der Waals surface area (Å²) in [5.74, 6) is -0.306. The first-order chi connectivity index (χ1) is 7.97. The van der Waals surface area contributed by atoms with E-state index in [-0.39, 0.29) is 5.92 Å². The fourth-order valence-electron chi connectivity index (χ4n) is 2.03. The second kappa shape index (κ2) is 4.04. The summed E-state index contributed by atoms with van der Waals surface area (Å²) in [5.41, 5.74) is 7.25. The number of fused-ring (bicyclic) bond motifs is 1. The van der Waals surface area contributed by atoms with Crippen LogP contribution in [0, 0.1) is 17.1 Å². The molecule has 0 saturated heterocycles. The first kappa shape index (κ1) is 11.9. The molecule has 0 aliphatic carbocycles. The van der Waals surface area contributed by atoms with E-state index in [2.05, 4.69) is 0 Å². The molecule has 1 aromatic heterocycles. The minimum Gasteiger partial charge on any atom is -0.389 e. The Bertz CT molecular complexity index is 640. The molecule has 2 rings (SSSR count). The van der Waals surface area contributed by atoms with Gasteiger partial charge in [0.05, 0.1) is 10.3 Å². The van der Waals surface area contributed by atoms with Crippen molar-refractivity contribution in [2.45, 2.75) is 19.8 Å². The van der Waals surface area contributed by atoms with Crippen molar-refractivity contribution < 1.29 is 4.39 Å². The Balaban J connectivity index is 3.03. The van der Waals surface area contributed by atoms with Gasteiger partial charge in [-0.05, 0) is 17.5 Å². The number of hydrogen-bond acceptors (Lipinski definition) is 3. The fraction of sp³-hybridized carbons (Fsp3) is 0.250. The Morgan fingerprint density at radius 2 is 2.18 bits per heavy atom. The molecule has 0 spiro atoms. The van der Waals surface area contributed by atoms with Crippen LogP contribution in [-0.2, 0) is 0 Å². The maximum atomic E-state index is 13.8. The zero-order valence-electron chi connectivity index (χ0n) is 9.54. The number of benzene rings is 1. The molecule has 0 unspecified atom stereocenters. The summed E-state index contributed by atoms with van der Waals surface area (Å²) in [6, 6.07) is 3.33. The molecule has 84 valence electrons. The van der Waals surface area contributed by atoms with Crippen molar-refractivity contribution in [3.8, 4) is 6.07 Å². The smallest absolute Gasteiger partial charge is 0.140 e. The van der Waals surface area contributed by atoms with Gasteiger partial charge in [-0.2, -0.15) is 5.26 Å². The van der Waals surface area contributed by atoms with Crippen LogP contribution in [0.1, 0.15) is 30.9 Å². The van der Waals surface area contributed by atoms with Crippen molar-refractivity contribution in [3.05, 3.63) is 23.0 Å². The topological polar surface area (TPSA) is 49.8 Å². The van der Waals surface area contributed by atoms with E-state index in [9.17, 15) is 4.39 Å². The van der Waals surface area contributed by atoms with Crippen molar-refractivity contribution in [1.29, 1.82) is 5.26 Å². The lowest BCUT2D eigenvalue weighted by molar-refractivity contribution is 0.642. The van der Waals surface area contributed by atoms with Crippen molar-refractivity contribution in [3.63, 3.8) is 0 Å². The third-order valence-corrected chi connectivity index (χ3v) is 3.73. The largest absolute Gasteiger partial charge is 0.389 e. The van der Waals surface area contributed by atoms with Gasteiger partial charge in [0, 0.05) is 5.39 Å². The summed E-state index contributed by atoms with van der Waals surface area (Å²) < 4.78 is 14.2. The monoisotopic (exact) mass is 244 g/mol. The Kier molecular flexibility index (Phi) is 2.84. The molecular weight excluding hydrogens is 234 g/mol. The lowest BCUT2D eigenvalue weighted by Gasteiger charge is -2.12. The standard InChI is InChI=1S/C12H10BFN2S/c1-5(2)9-7(13)3-8(14)11-10(9)6(4-15)12(16)17-11/h3,5H,16H2,1-2H3. The maximum Gasteiger partial charge on any atom is 0.140 e. The van der Waals surface area contributed by atoms with Crippen LogP contribution in [0.3, 0.4) is 0 Å². The van der Waals surface area contributed by atoms with Gasteiger partial charge in [0.15, 0.2) is 0 Å². The van der Waals surface area contributed by atoms with Crippen molar-refractivity contribution in [1.82, 2.24) is 0 Å². The Morgan fingerprint density at radius 3 is 2.71 bits per heavy atom. The van der Waals surface area contributed by atoms with Gasteiger partial charge in [-0.1, -0.05) is 19.3 Å². The van der Waals surface area contributed by atoms with E-state index < -0.39 is 5.82 Å². The molecule has 2 aromatic rings. The molecule has 0 fully saturated rings. The summed E-state index contributed by atoms with van der Waals surface area (Å²) >= 11 is 1.09. The van der Waals surface area contributed by atoms with E-state index in [1.807, 2.05) is 19.9 Å². The van der Waals surface area contributed by atoms with E-state index in [0.717, 1.165) is 16.9 Å². The Labute approximate surface area is 104 Å². The molecule has 0 amide bonds. The molecule has 0 atom stereocenters. The highest BCUT2D eigenvalue weighted by molar-refractivity contribution is 7.23. The van der Waals surface area contributed by atoms with Crippen molar-refractivity contribution in [2.75, 3.05) is 5.73 Å². The number of nitriles is 1. The van der Waals surface area contributed by atoms with Gasteiger partial charge in [-0.25, -0.2) is 4.39 Å². The molecule has 1 heterocycles. The average Bonchev–Trinajstić information content (AvgIpc) is 2.54. The zero-order chi connectivity index (χ0) is 12.7. The maximum absolute atomic E-state index is 13.8. The van der Waals surface area contributed by atoms with E-state index >= 15 is 0 Å². The first-order valence-corrected chi connectivity index (χ1v) is 5.99. The van der Waals surface area contributed by atoms with Crippen LogP contribution < -0.4 is 11.2 Å². The normalized spacial score (nSPS) is 11.0. The summed E-state index contributed by atoms with van der Waals surface area (Å²) in [6.45, 7) is 3.91. The highest BCUT2D eigenvalue weighted by Gasteiger charge is 2.19. The van der Waals surface area contributed by atoms with Gasteiger partial charge in [0.25, 0.3) is 0 Å². The van der Waals surface area contributed by atoms with Crippen molar-refractivity contribution in [2.24, 2.45) is 0 Å². The molecular formula is C12H10BFN2S. The van der Waals surface area contributed by atoms with E-state index in [0.29, 0.717) is 26.1 Å². The number of halogens is 1. The number of nitrogens with zero attached hydrogens (tertiary/aromatic N) is 1. The minimum atomic E-state index is -0.417. The number of hydrogen-bond donors (Lipinski definition) is 1. The average molecular weight is 244 g/mol. The predicted molar refractivity (Wildman–Crippen MR) is 70.4 cm³/mol. The molecule has 2 N–H and O–H groups in total. The molecule has 5 heteroatoms. The van der Waals surface area contributed by atoms with Gasteiger partial charge in [0.2, 0.25) is 0 Å². The molecule has 17 heavy (non-hydrogen) atoms. The first-order valence-electron chi connectivity index (χ1n) is 5.17. The van der Waals surface area contributed by atoms with Gasteiger partial charge in [-0.15, -0.1) is 11.3 Å². The minimum absolute atomic E-state index is 0.110. The predicted octanol–water partition coefficient (Wildman–Crippen LogP) is 2.41. The second-order valence-electron chi connectivity index (χ2n) is 4.17.